The molecule has 0 spiro atoms. The van der Waals surface area contributed by atoms with Crippen molar-refractivity contribution in [2.45, 2.75) is 6.43 Å². The maximum atomic E-state index is 12.1. The van der Waals surface area contributed by atoms with Crippen molar-refractivity contribution in [3.63, 3.8) is 0 Å². The lowest BCUT2D eigenvalue weighted by atomic mass is 10.2. The number of nitrogens with zero attached hydrogens (tertiary/aromatic N) is 3. The fourth-order valence-corrected chi connectivity index (χ4v) is 2.02. The van der Waals surface area contributed by atoms with E-state index in [2.05, 4.69) is 15.1 Å². The topological polar surface area (TPSA) is 70.3 Å². The molecule has 0 unspecified atom stereocenters. The molecule has 0 N–H and O–H groups in total. The molecule has 1 aromatic carbocycles. The summed E-state index contributed by atoms with van der Waals surface area (Å²) in [7, 11) is 1.55. The summed E-state index contributed by atoms with van der Waals surface area (Å²) in [4.78, 5) is 8.37. The molecule has 0 atom stereocenters. The Balaban J connectivity index is 1.80. The molecule has 124 valence electrons. The first-order valence-corrected chi connectivity index (χ1v) is 7.02. The highest BCUT2D eigenvalue weighted by Crippen LogP contribution is 2.29. The van der Waals surface area contributed by atoms with E-state index in [1.807, 2.05) is 12.1 Å². The lowest BCUT2D eigenvalue weighted by Gasteiger charge is -2.04. The van der Waals surface area contributed by atoms with E-state index in [1.165, 1.54) is 12.3 Å². The molecule has 0 fully saturated rings. The van der Waals surface area contributed by atoms with Crippen molar-refractivity contribution in [3.8, 4) is 34.5 Å². The van der Waals surface area contributed by atoms with Crippen molar-refractivity contribution >= 4 is 0 Å². The van der Waals surface area contributed by atoms with Crippen LogP contribution in [0.15, 0.2) is 47.1 Å². The van der Waals surface area contributed by atoms with Gasteiger partial charge in [-0.3, -0.25) is 0 Å². The highest BCUT2D eigenvalue weighted by Gasteiger charge is 2.15. The Hall–Kier alpha value is -3.03. The molecular formula is C16H13F2N3O3. The maximum Gasteiger partial charge on any atom is 0.272 e. The van der Waals surface area contributed by atoms with Gasteiger partial charge in [0, 0.05) is 0 Å². The molecule has 0 aliphatic carbocycles. The lowest BCUT2D eigenvalue weighted by Crippen LogP contribution is -2.07. The van der Waals surface area contributed by atoms with Gasteiger partial charge in [-0.25, -0.2) is 13.8 Å². The number of halogens is 2. The number of hydrogen-bond acceptors (Lipinski definition) is 6. The number of benzene rings is 1. The zero-order valence-corrected chi connectivity index (χ0v) is 12.6. The first-order valence-electron chi connectivity index (χ1n) is 7.02. The number of rotatable bonds is 6. The van der Waals surface area contributed by atoms with Crippen LogP contribution in [0.2, 0.25) is 0 Å². The van der Waals surface area contributed by atoms with Crippen molar-refractivity contribution in [1.29, 1.82) is 0 Å². The molecule has 0 aliphatic rings. The number of pyridine rings is 1. The van der Waals surface area contributed by atoms with E-state index in [-0.39, 0.29) is 11.6 Å². The molecule has 2 heterocycles. The molecule has 3 aromatic rings. The molecule has 0 bridgehead atoms. The second-order valence-corrected chi connectivity index (χ2v) is 4.70. The Morgan fingerprint density at radius 2 is 2.00 bits per heavy atom. The van der Waals surface area contributed by atoms with E-state index in [4.69, 9.17) is 14.0 Å². The lowest BCUT2D eigenvalue weighted by molar-refractivity contribution is 0.0817. The minimum atomic E-state index is -2.54. The van der Waals surface area contributed by atoms with Gasteiger partial charge in [0.15, 0.2) is 0 Å². The van der Waals surface area contributed by atoms with Crippen molar-refractivity contribution in [1.82, 2.24) is 15.1 Å². The van der Waals surface area contributed by atoms with Crippen LogP contribution in [0.25, 0.3) is 23.0 Å². The van der Waals surface area contributed by atoms with Crippen LogP contribution in [0.5, 0.6) is 11.5 Å². The predicted molar refractivity (Wildman–Crippen MR) is 81.0 cm³/mol. The number of ether oxygens (including phenoxy) is 2. The molecule has 0 aliphatic heterocycles. The van der Waals surface area contributed by atoms with Crippen molar-refractivity contribution in [2.75, 3.05) is 13.7 Å². The third kappa shape index (κ3) is 3.48. The Kier molecular flexibility index (Phi) is 4.64. The summed E-state index contributed by atoms with van der Waals surface area (Å²) >= 11 is 0. The summed E-state index contributed by atoms with van der Waals surface area (Å²) in [5.41, 5.74) is 1.10. The Morgan fingerprint density at radius 1 is 1.17 bits per heavy atom. The van der Waals surface area contributed by atoms with Crippen LogP contribution in [0.4, 0.5) is 8.78 Å². The van der Waals surface area contributed by atoms with Gasteiger partial charge in [-0.1, -0.05) is 17.3 Å². The van der Waals surface area contributed by atoms with E-state index >= 15 is 0 Å². The molecule has 0 radical (unpaired) electrons. The van der Waals surface area contributed by atoms with Crippen LogP contribution in [0.1, 0.15) is 0 Å². The first kappa shape index (κ1) is 15.9. The summed E-state index contributed by atoms with van der Waals surface area (Å²) < 4.78 is 39.6. The number of aromatic nitrogens is 3. The van der Waals surface area contributed by atoms with Crippen LogP contribution in [-0.4, -0.2) is 35.3 Å². The average Bonchev–Trinajstić information content (AvgIpc) is 3.10. The average molecular weight is 333 g/mol. The van der Waals surface area contributed by atoms with E-state index in [9.17, 15) is 8.78 Å². The van der Waals surface area contributed by atoms with Crippen molar-refractivity contribution < 1.29 is 22.8 Å². The molecule has 2 aromatic heterocycles. The third-order valence-electron chi connectivity index (χ3n) is 3.10. The highest BCUT2D eigenvalue weighted by atomic mass is 19.3. The molecule has 3 rings (SSSR count). The van der Waals surface area contributed by atoms with Gasteiger partial charge >= 0.3 is 0 Å². The van der Waals surface area contributed by atoms with E-state index in [0.717, 1.165) is 0 Å². The SMILES string of the molecule is COc1ccccc1-c1nc(-c2ccc(OCC(F)F)cn2)no1. The van der Waals surface area contributed by atoms with Gasteiger partial charge in [0.2, 0.25) is 5.82 Å². The van der Waals surface area contributed by atoms with Gasteiger partial charge in [-0.05, 0) is 24.3 Å². The van der Waals surface area contributed by atoms with Crippen LogP contribution < -0.4 is 9.47 Å². The predicted octanol–water partition coefficient (Wildman–Crippen LogP) is 3.45. The van der Waals surface area contributed by atoms with Crippen molar-refractivity contribution in [2.24, 2.45) is 0 Å². The summed E-state index contributed by atoms with van der Waals surface area (Å²) in [6.45, 7) is -0.679. The van der Waals surface area contributed by atoms with Crippen LogP contribution in [-0.2, 0) is 0 Å². The molecule has 0 saturated heterocycles. The smallest absolute Gasteiger partial charge is 0.272 e. The zero-order valence-electron chi connectivity index (χ0n) is 12.6. The number of alkyl halides is 2. The monoisotopic (exact) mass is 333 g/mol. The van der Waals surface area contributed by atoms with Gasteiger partial charge in [0.25, 0.3) is 12.3 Å². The second kappa shape index (κ2) is 7.03. The standard InChI is InChI=1S/C16H13F2N3O3/c1-22-13-5-3-2-4-11(13)16-20-15(21-24-16)12-7-6-10(8-19-12)23-9-14(17)18/h2-8,14H,9H2,1H3. The fraction of sp³-hybridized carbons (Fsp3) is 0.188. The van der Waals surface area contributed by atoms with E-state index in [0.29, 0.717) is 22.9 Å². The fourth-order valence-electron chi connectivity index (χ4n) is 2.02. The molecule has 6 nitrogen and oxygen atoms in total. The zero-order chi connectivity index (χ0) is 16.9. The summed E-state index contributed by atoms with van der Waals surface area (Å²) in [5.74, 6) is 1.42. The van der Waals surface area contributed by atoms with Gasteiger partial charge in [0.05, 0.1) is 18.9 Å². The second-order valence-electron chi connectivity index (χ2n) is 4.70. The molecule has 0 saturated carbocycles. The normalized spacial score (nSPS) is 10.8. The summed E-state index contributed by atoms with van der Waals surface area (Å²) in [6, 6.07) is 10.3. The molecule has 24 heavy (non-hydrogen) atoms. The Bertz CT molecular complexity index is 806. The number of hydrogen-bond donors (Lipinski definition) is 0. The maximum absolute atomic E-state index is 12.1. The minimum absolute atomic E-state index is 0.243. The third-order valence-corrected chi connectivity index (χ3v) is 3.10. The first-order chi connectivity index (χ1) is 11.7. The van der Waals surface area contributed by atoms with Gasteiger partial charge in [0.1, 0.15) is 23.8 Å². The van der Waals surface area contributed by atoms with Gasteiger partial charge < -0.3 is 14.0 Å². The summed E-state index contributed by atoms with van der Waals surface area (Å²) in [5, 5.41) is 3.88. The Labute approximate surface area is 136 Å². The number of para-hydroxylation sites is 1. The Morgan fingerprint density at radius 3 is 2.71 bits per heavy atom. The van der Waals surface area contributed by atoms with E-state index < -0.39 is 13.0 Å². The quantitative estimate of drug-likeness (QED) is 0.688. The highest BCUT2D eigenvalue weighted by molar-refractivity contribution is 5.64. The van der Waals surface area contributed by atoms with Crippen LogP contribution >= 0.6 is 0 Å². The number of methoxy groups -OCH3 is 1. The van der Waals surface area contributed by atoms with E-state index in [1.54, 1.807) is 25.3 Å². The van der Waals surface area contributed by atoms with Crippen LogP contribution in [0, 0.1) is 0 Å². The molecular weight excluding hydrogens is 320 g/mol. The largest absolute Gasteiger partial charge is 0.496 e. The van der Waals surface area contributed by atoms with Gasteiger partial charge in [-0.2, -0.15) is 4.98 Å². The molecule has 0 amide bonds. The summed E-state index contributed by atoms with van der Waals surface area (Å²) in [6.07, 6.45) is -1.21. The minimum Gasteiger partial charge on any atom is -0.496 e. The van der Waals surface area contributed by atoms with Crippen LogP contribution in [0.3, 0.4) is 0 Å². The van der Waals surface area contributed by atoms with Crippen molar-refractivity contribution in [3.05, 3.63) is 42.6 Å². The van der Waals surface area contributed by atoms with Gasteiger partial charge in [-0.15, -0.1) is 0 Å². The molecule has 8 heteroatoms.